The van der Waals surface area contributed by atoms with Gasteiger partial charge in [-0.2, -0.15) is 0 Å². The lowest BCUT2D eigenvalue weighted by Crippen LogP contribution is -2.58. The summed E-state index contributed by atoms with van der Waals surface area (Å²) >= 11 is 0. The lowest BCUT2D eigenvalue weighted by Gasteiger charge is -2.39. The molecule has 1 saturated heterocycles. The molecule has 192 valence electrons. The number of likely N-dealkylation sites (tertiary alicyclic amines) is 1. The van der Waals surface area contributed by atoms with Crippen LogP contribution in [0.25, 0.3) is 0 Å². The van der Waals surface area contributed by atoms with Gasteiger partial charge in [0, 0.05) is 65.2 Å². The Kier molecular flexibility index (Phi) is 9.55. The van der Waals surface area contributed by atoms with Crippen molar-refractivity contribution in [3.05, 3.63) is 47.3 Å². The molecule has 10 nitrogen and oxygen atoms in total. The lowest BCUT2D eigenvalue weighted by molar-refractivity contribution is -0.115. The topological polar surface area (TPSA) is 127 Å². The molecule has 0 unspecified atom stereocenters. The summed E-state index contributed by atoms with van der Waals surface area (Å²) in [5.41, 5.74) is 2.81. The number of rotatable bonds is 12. The van der Waals surface area contributed by atoms with Gasteiger partial charge in [-0.3, -0.25) is 19.6 Å². The van der Waals surface area contributed by atoms with Gasteiger partial charge in [0.15, 0.2) is 0 Å². The van der Waals surface area contributed by atoms with Gasteiger partial charge in [0.25, 0.3) is 5.91 Å². The maximum Gasteiger partial charge on any atom is 0.269 e. The van der Waals surface area contributed by atoms with Gasteiger partial charge in [0.2, 0.25) is 0 Å². The van der Waals surface area contributed by atoms with Crippen LogP contribution in [0.15, 0.2) is 46.1 Å². The van der Waals surface area contributed by atoms with E-state index in [9.17, 15) is 18.3 Å². The molecule has 0 bridgehead atoms. The van der Waals surface area contributed by atoms with Crippen LogP contribution in [-0.2, 0) is 27.6 Å². The highest BCUT2D eigenvalue weighted by Gasteiger charge is 2.27. The number of benzene rings is 1. The minimum Gasteiger partial charge on any atom is -0.390 e. The number of aliphatic imine (C=N–C) groups is 2. The van der Waals surface area contributed by atoms with Crippen molar-refractivity contribution >= 4 is 28.2 Å². The molecular weight excluding hydrogens is 468 g/mol. The molecular formula is C24H36N6O4S. The third kappa shape index (κ3) is 8.53. The van der Waals surface area contributed by atoms with Gasteiger partial charge >= 0.3 is 0 Å². The fourth-order valence-corrected chi connectivity index (χ4v) is 4.81. The summed E-state index contributed by atoms with van der Waals surface area (Å²) in [7, 11) is -1.47. The van der Waals surface area contributed by atoms with Crippen molar-refractivity contribution in [2.75, 3.05) is 58.3 Å². The predicted molar refractivity (Wildman–Crippen MR) is 139 cm³/mol. The number of β-amino-alcohol motifs (C(OH)–C–C–N with tert-alkyl or cyclic N) is 1. The molecule has 0 spiro atoms. The predicted octanol–water partition coefficient (Wildman–Crippen LogP) is -0.547. The smallest absolute Gasteiger partial charge is 0.269 e. The van der Waals surface area contributed by atoms with Crippen LogP contribution in [0.3, 0.4) is 0 Å². The minimum atomic E-state index is -2.98. The Hall–Kier alpha value is -2.60. The van der Waals surface area contributed by atoms with Crippen LogP contribution >= 0.6 is 0 Å². The molecule has 2 aliphatic heterocycles. The molecule has 1 atom stereocenters. The first-order chi connectivity index (χ1) is 16.7. The Morgan fingerprint density at radius 2 is 2.00 bits per heavy atom. The average molecular weight is 505 g/mol. The van der Waals surface area contributed by atoms with Crippen LogP contribution in [0.2, 0.25) is 0 Å². The van der Waals surface area contributed by atoms with Crippen molar-refractivity contribution in [2.24, 2.45) is 9.98 Å². The first-order valence-corrected chi connectivity index (χ1v) is 13.8. The zero-order valence-electron chi connectivity index (χ0n) is 20.5. The Bertz CT molecular complexity index is 1070. The first-order valence-electron chi connectivity index (χ1n) is 11.7. The summed E-state index contributed by atoms with van der Waals surface area (Å²) in [5.74, 6) is 0.147. The van der Waals surface area contributed by atoms with Crippen molar-refractivity contribution in [1.82, 2.24) is 20.4 Å². The molecule has 3 rings (SSSR count). The normalized spacial score (nSPS) is 18.9. The number of amides is 1. The molecule has 2 aliphatic rings. The summed E-state index contributed by atoms with van der Waals surface area (Å²) in [4.78, 5) is 24.8. The van der Waals surface area contributed by atoms with E-state index in [1.54, 1.807) is 0 Å². The molecule has 3 N–H and O–H groups in total. The van der Waals surface area contributed by atoms with Crippen LogP contribution in [0.5, 0.6) is 0 Å². The van der Waals surface area contributed by atoms with Gasteiger partial charge in [-0.1, -0.05) is 24.3 Å². The van der Waals surface area contributed by atoms with E-state index in [4.69, 9.17) is 0 Å². The highest BCUT2D eigenvalue weighted by Crippen LogP contribution is 2.18. The second kappa shape index (κ2) is 12.4. The molecule has 35 heavy (non-hydrogen) atoms. The van der Waals surface area contributed by atoms with E-state index < -0.39 is 21.8 Å². The van der Waals surface area contributed by atoms with Crippen molar-refractivity contribution < 1.29 is 18.3 Å². The SMILES string of the molecule is C=N/C(=C\C(=N/C)C(=O)NC[C@H](O)CN1CCc2ccccc2C1)NC1CN(CCS(C)(=O)=O)C1. The Balaban J connectivity index is 1.42. The van der Waals surface area contributed by atoms with Gasteiger partial charge in [0.1, 0.15) is 21.4 Å². The summed E-state index contributed by atoms with van der Waals surface area (Å²) < 4.78 is 22.6. The number of sulfone groups is 1. The number of nitrogens with zero attached hydrogens (tertiary/aromatic N) is 4. The van der Waals surface area contributed by atoms with E-state index in [0.29, 0.717) is 32.0 Å². The lowest BCUT2D eigenvalue weighted by atomic mass is 10.00. The number of aliphatic hydroxyl groups is 1. The standard InChI is InChI=1S/C24H36N6O4S/c1-25-22(12-23(26-2)28-20-15-30(16-20)10-11-35(3,33)34)24(32)27-13-21(31)17-29-9-8-18-6-4-5-7-19(18)14-29/h4-7,12,20-21,28,31H,2,8-11,13-17H2,1,3H3,(H,27,32)/b23-12+,25-22+/t21-/m0/s1. The fraction of sp³-hybridized carbons (Fsp3) is 0.542. The van der Waals surface area contributed by atoms with Gasteiger partial charge < -0.3 is 15.7 Å². The monoisotopic (exact) mass is 504 g/mol. The Morgan fingerprint density at radius 1 is 1.29 bits per heavy atom. The van der Waals surface area contributed by atoms with E-state index in [0.717, 1.165) is 19.5 Å². The van der Waals surface area contributed by atoms with Gasteiger partial charge in [-0.25, -0.2) is 13.4 Å². The second-order valence-electron chi connectivity index (χ2n) is 9.14. The largest absolute Gasteiger partial charge is 0.390 e. The number of carbonyl (C=O) groups is 1. The third-order valence-corrected chi connectivity index (χ3v) is 7.11. The minimum absolute atomic E-state index is 0.0870. The fourth-order valence-electron chi connectivity index (χ4n) is 4.22. The maximum absolute atomic E-state index is 12.6. The Morgan fingerprint density at radius 3 is 2.66 bits per heavy atom. The van der Waals surface area contributed by atoms with E-state index >= 15 is 0 Å². The molecule has 0 aromatic heterocycles. The van der Waals surface area contributed by atoms with Crippen LogP contribution < -0.4 is 10.6 Å². The van der Waals surface area contributed by atoms with Crippen molar-refractivity contribution in [1.29, 1.82) is 0 Å². The zero-order chi connectivity index (χ0) is 25.4. The van der Waals surface area contributed by atoms with Gasteiger partial charge in [-0.15, -0.1) is 0 Å². The van der Waals surface area contributed by atoms with Crippen LogP contribution in [0.4, 0.5) is 0 Å². The van der Waals surface area contributed by atoms with Crippen LogP contribution in [0.1, 0.15) is 11.1 Å². The molecule has 0 aliphatic carbocycles. The highest BCUT2D eigenvalue weighted by molar-refractivity contribution is 7.90. The number of fused-ring (bicyclic) bond motifs is 1. The first kappa shape index (κ1) is 27.0. The number of nitrogens with one attached hydrogen (secondary N) is 2. The number of hydrogen-bond donors (Lipinski definition) is 3. The number of carbonyl (C=O) groups excluding carboxylic acids is 1. The van der Waals surface area contributed by atoms with E-state index in [-0.39, 0.29) is 24.1 Å². The van der Waals surface area contributed by atoms with Crippen LogP contribution in [-0.4, -0.2) is 112 Å². The molecule has 11 heteroatoms. The Labute approximate surface area is 207 Å². The molecule has 2 heterocycles. The third-order valence-electron chi connectivity index (χ3n) is 6.18. The van der Waals surface area contributed by atoms with E-state index in [1.807, 2.05) is 17.0 Å². The summed E-state index contributed by atoms with van der Waals surface area (Å²) in [6.07, 6.45) is 3.01. The second-order valence-corrected chi connectivity index (χ2v) is 11.4. The van der Waals surface area contributed by atoms with Gasteiger partial charge in [-0.05, 0) is 24.3 Å². The number of aliphatic hydroxyl groups excluding tert-OH is 1. The molecule has 1 fully saturated rings. The average Bonchev–Trinajstić information content (AvgIpc) is 2.80. The molecule has 1 aromatic carbocycles. The van der Waals surface area contributed by atoms with Gasteiger partial charge in [0.05, 0.1) is 17.9 Å². The molecule has 1 amide bonds. The summed E-state index contributed by atoms with van der Waals surface area (Å²) in [5, 5.41) is 16.4. The van der Waals surface area contributed by atoms with E-state index in [2.05, 4.69) is 44.4 Å². The summed E-state index contributed by atoms with van der Waals surface area (Å²) in [6, 6.07) is 8.42. The quantitative estimate of drug-likeness (QED) is 0.326. The highest BCUT2D eigenvalue weighted by atomic mass is 32.2. The van der Waals surface area contributed by atoms with E-state index in [1.165, 1.54) is 30.5 Å². The maximum atomic E-state index is 12.6. The van der Waals surface area contributed by atoms with Crippen molar-refractivity contribution in [2.45, 2.75) is 25.1 Å². The van der Waals surface area contributed by atoms with Crippen molar-refractivity contribution in [3.63, 3.8) is 0 Å². The molecule has 0 saturated carbocycles. The molecule has 0 radical (unpaired) electrons. The number of hydrogen-bond acceptors (Lipinski definition) is 9. The summed E-state index contributed by atoms with van der Waals surface area (Å²) in [6.45, 7) is 7.67. The zero-order valence-corrected chi connectivity index (χ0v) is 21.3. The van der Waals surface area contributed by atoms with Crippen LogP contribution in [0, 0.1) is 0 Å². The molecule has 1 aromatic rings. The van der Waals surface area contributed by atoms with Crippen molar-refractivity contribution in [3.8, 4) is 0 Å².